The first-order chi connectivity index (χ1) is 19.4. The molecule has 0 atom stereocenters. The van der Waals surface area contributed by atoms with Crippen molar-refractivity contribution in [2.24, 2.45) is 0 Å². The predicted octanol–water partition coefficient (Wildman–Crippen LogP) is 12.6. The molecule has 0 aliphatic rings. The Morgan fingerprint density at radius 1 is 0.231 bits per heavy atom. The van der Waals surface area contributed by atoms with Gasteiger partial charge < -0.3 is 10.6 Å². The van der Waals surface area contributed by atoms with E-state index in [-0.39, 0.29) is 0 Å². The number of nitrogens with one attached hydrogen (secondary N) is 2. The Labute approximate surface area is 249 Å². The van der Waals surface area contributed by atoms with E-state index < -0.39 is 0 Å². The third-order valence-electron chi connectivity index (χ3n) is 8.66. The Morgan fingerprint density at radius 3 is 0.615 bits per heavy atom. The van der Waals surface area contributed by atoms with Crippen LogP contribution in [0.2, 0.25) is 0 Å². The van der Waals surface area contributed by atoms with Gasteiger partial charge in [0.05, 0.1) is 0 Å². The van der Waals surface area contributed by atoms with Crippen molar-refractivity contribution in [2.75, 3.05) is 19.8 Å². The third kappa shape index (κ3) is 37.9. The second kappa shape index (κ2) is 37.9. The highest BCUT2D eigenvalue weighted by atomic mass is 15.0. The normalized spacial score (nSPS) is 11.5. The first-order valence-corrected chi connectivity index (χ1v) is 18.8. The van der Waals surface area contributed by atoms with Gasteiger partial charge in [0.1, 0.15) is 0 Å². The van der Waals surface area contributed by atoms with Crippen molar-refractivity contribution in [1.82, 2.24) is 10.6 Å². The van der Waals surface area contributed by atoms with E-state index in [1.807, 2.05) is 0 Å². The van der Waals surface area contributed by atoms with E-state index >= 15 is 0 Å². The van der Waals surface area contributed by atoms with Crippen LogP contribution in [0.1, 0.15) is 219 Å². The van der Waals surface area contributed by atoms with Crippen molar-refractivity contribution in [3.63, 3.8) is 0 Å². The lowest BCUT2D eigenvalue weighted by atomic mass is 10.0. The maximum absolute atomic E-state index is 3.58. The summed E-state index contributed by atoms with van der Waals surface area (Å²) in [4.78, 5) is 0. The topological polar surface area (TPSA) is 24.1 Å². The number of hydrogen-bond donors (Lipinski definition) is 2. The van der Waals surface area contributed by atoms with E-state index in [4.69, 9.17) is 0 Å². The molecule has 0 unspecified atom stereocenters. The van der Waals surface area contributed by atoms with Crippen LogP contribution in [-0.4, -0.2) is 19.8 Å². The molecule has 2 nitrogen and oxygen atoms in total. The second-order valence-electron chi connectivity index (χ2n) is 12.8. The zero-order chi connectivity index (χ0) is 28.2. The van der Waals surface area contributed by atoms with Crippen LogP contribution in [0.25, 0.3) is 0 Å². The summed E-state index contributed by atoms with van der Waals surface area (Å²) >= 11 is 0. The molecule has 0 bridgehead atoms. The molecule has 0 aliphatic heterocycles. The molecule has 0 radical (unpaired) electrons. The first-order valence-electron chi connectivity index (χ1n) is 18.8. The summed E-state index contributed by atoms with van der Waals surface area (Å²) in [5.74, 6) is 0. The quantitative estimate of drug-likeness (QED) is 0.0598. The fourth-order valence-corrected chi connectivity index (χ4v) is 5.86. The summed E-state index contributed by atoms with van der Waals surface area (Å²) in [7, 11) is 0. The van der Waals surface area contributed by atoms with Crippen LogP contribution in [0.4, 0.5) is 0 Å². The lowest BCUT2D eigenvalue weighted by molar-refractivity contribution is 0.507. The summed E-state index contributed by atoms with van der Waals surface area (Å²) in [6.07, 6.45) is 46.4. The molecule has 0 aliphatic carbocycles. The standard InChI is InChI=1S/C37H78N2/c1-3-5-7-9-11-13-15-17-19-21-23-25-27-29-31-33-35-38-37-39-36-34-32-30-28-26-24-22-20-18-16-14-12-10-8-6-4-2/h38-39H,3-37H2,1-2H3. The Balaban J connectivity index is 3.01. The van der Waals surface area contributed by atoms with Gasteiger partial charge in [-0.2, -0.15) is 0 Å². The van der Waals surface area contributed by atoms with Gasteiger partial charge in [0, 0.05) is 6.67 Å². The van der Waals surface area contributed by atoms with Crippen LogP contribution in [0, 0.1) is 0 Å². The van der Waals surface area contributed by atoms with E-state index in [0.717, 1.165) is 6.67 Å². The highest BCUT2D eigenvalue weighted by molar-refractivity contribution is 4.54. The van der Waals surface area contributed by atoms with Crippen molar-refractivity contribution in [3.05, 3.63) is 0 Å². The molecule has 0 rings (SSSR count). The lowest BCUT2D eigenvalue weighted by Gasteiger charge is -2.07. The number of unbranched alkanes of at least 4 members (excludes halogenated alkanes) is 30. The number of rotatable bonds is 36. The Bertz CT molecular complexity index is 361. The zero-order valence-corrected chi connectivity index (χ0v) is 27.7. The molecule has 0 aromatic heterocycles. The molecule has 0 heterocycles. The van der Waals surface area contributed by atoms with Crippen LogP contribution in [0.15, 0.2) is 0 Å². The molecular weight excluding hydrogens is 472 g/mol. The van der Waals surface area contributed by atoms with E-state index in [2.05, 4.69) is 24.5 Å². The van der Waals surface area contributed by atoms with E-state index in [1.54, 1.807) is 0 Å². The Hall–Kier alpha value is -0.0800. The number of hydrogen-bond acceptors (Lipinski definition) is 2. The molecule has 2 N–H and O–H groups in total. The average Bonchev–Trinajstić information content (AvgIpc) is 2.95. The fourth-order valence-electron chi connectivity index (χ4n) is 5.86. The molecule has 0 spiro atoms. The first kappa shape index (κ1) is 38.9. The Kier molecular flexibility index (Phi) is 37.8. The fraction of sp³-hybridized carbons (Fsp3) is 1.00. The molecular formula is C37H78N2. The largest absolute Gasteiger partial charge is 0.304 e. The lowest BCUT2D eigenvalue weighted by Crippen LogP contribution is -2.30. The molecule has 0 fully saturated rings. The molecule has 236 valence electrons. The van der Waals surface area contributed by atoms with Gasteiger partial charge in [-0.3, -0.25) is 0 Å². The molecule has 39 heavy (non-hydrogen) atoms. The molecule has 0 saturated heterocycles. The van der Waals surface area contributed by atoms with Gasteiger partial charge in [0.2, 0.25) is 0 Å². The van der Waals surface area contributed by atoms with Crippen molar-refractivity contribution < 1.29 is 0 Å². The SMILES string of the molecule is CCCCCCCCCCCCCCCCCCNCNCCCCCCCCCCCCCCCCCC. The molecule has 0 aromatic rings. The van der Waals surface area contributed by atoms with Crippen LogP contribution < -0.4 is 10.6 Å². The summed E-state index contributed by atoms with van der Waals surface area (Å²) in [5, 5.41) is 7.16. The van der Waals surface area contributed by atoms with Gasteiger partial charge in [-0.15, -0.1) is 0 Å². The maximum atomic E-state index is 3.58. The zero-order valence-electron chi connectivity index (χ0n) is 27.7. The minimum absolute atomic E-state index is 0.998. The van der Waals surface area contributed by atoms with Crippen LogP contribution >= 0.6 is 0 Å². The minimum atomic E-state index is 0.998. The van der Waals surface area contributed by atoms with E-state index in [1.165, 1.54) is 219 Å². The van der Waals surface area contributed by atoms with Gasteiger partial charge in [0.15, 0.2) is 0 Å². The maximum Gasteiger partial charge on any atom is 0.0454 e. The molecule has 0 saturated carbocycles. The summed E-state index contributed by atoms with van der Waals surface area (Å²) < 4.78 is 0. The predicted molar refractivity (Wildman–Crippen MR) is 180 cm³/mol. The van der Waals surface area contributed by atoms with Crippen LogP contribution in [-0.2, 0) is 0 Å². The minimum Gasteiger partial charge on any atom is -0.304 e. The van der Waals surface area contributed by atoms with Gasteiger partial charge >= 0.3 is 0 Å². The van der Waals surface area contributed by atoms with E-state index in [0.29, 0.717) is 0 Å². The summed E-state index contributed by atoms with van der Waals surface area (Å²) in [6, 6.07) is 0. The smallest absolute Gasteiger partial charge is 0.0454 e. The second-order valence-corrected chi connectivity index (χ2v) is 12.8. The van der Waals surface area contributed by atoms with Gasteiger partial charge in [-0.05, 0) is 25.9 Å². The summed E-state index contributed by atoms with van der Waals surface area (Å²) in [6.45, 7) is 7.98. The average molecular weight is 551 g/mol. The van der Waals surface area contributed by atoms with Crippen LogP contribution in [0.5, 0.6) is 0 Å². The molecule has 2 heteroatoms. The van der Waals surface area contributed by atoms with Crippen molar-refractivity contribution in [2.45, 2.75) is 219 Å². The van der Waals surface area contributed by atoms with Crippen molar-refractivity contribution in [3.8, 4) is 0 Å². The highest BCUT2D eigenvalue weighted by Gasteiger charge is 1.96. The molecule has 0 aromatic carbocycles. The monoisotopic (exact) mass is 551 g/mol. The van der Waals surface area contributed by atoms with Gasteiger partial charge in [-0.25, -0.2) is 0 Å². The third-order valence-corrected chi connectivity index (χ3v) is 8.66. The van der Waals surface area contributed by atoms with Crippen LogP contribution in [0.3, 0.4) is 0 Å². The summed E-state index contributed by atoms with van der Waals surface area (Å²) in [5.41, 5.74) is 0. The molecule has 0 amide bonds. The highest BCUT2D eigenvalue weighted by Crippen LogP contribution is 2.15. The van der Waals surface area contributed by atoms with Crippen molar-refractivity contribution >= 4 is 0 Å². The Morgan fingerprint density at radius 2 is 0.410 bits per heavy atom. The van der Waals surface area contributed by atoms with Crippen molar-refractivity contribution in [1.29, 1.82) is 0 Å². The van der Waals surface area contributed by atoms with Gasteiger partial charge in [0.25, 0.3) is 0 Å². The van der Waals surface area contributed by atoms with Gasteiger partial charge in [-0.1, -0.05) is 206 Å². The van der Waals surface area contributed by atoms with E-state index in [9.17, 15) is 0 Å².